The minimum atomic E-state index is -1.42. The van der Waals surface area contributed by atoms with Crippen molar-refractivity contribution in [3.63, 3.8) is 0 Å². The summed E-state index contributed by atoms with van der Waals surface area (Å²) in [6.45, 7) is 0. The molecule has 18 rings (SSSR count). The third kappa shape index (κ3) is 13.8. The third-order valence-corrected chi connectivity index (χ3v) is 20.9. The average Bonchev–Trinajstić information content (AvgIpc) is 1.59. The Bertz CT molecular complexity index is 5970. The van der Waals surface area contributed by atoms with Gasteiger partial charge in [-0.2, -0.15) is 0 Å². The number of benzene rings is 14. The number of halogens is 1. The van der Waals surface area contributed by atoms with Crippen LogP contribution in [-0.2, 0) is 0 Å². The van der Waals surface area contributed by atoms with Gasteiger partial charge >= 0.3 is 7.12 Å². The van der Waals surface area contributed by atoms with Crippen molar-refractivity contribution in [1.82, 2.24) is 29.9 Å². The molecular weight excluding hydrogens is 1350 g/mol. The largest absolute Gasteiger partial charge is 0.488 e. The van der Waals surface area contributed by atoms with E-state index >= 15 is 0 Å². The first kappa shape index (κ1) is 64.7. The van der Waals surface area contributed by atoms with Crippen molar-refractivity contribution >= 4 is 91.5 Å². The van der Waals surface area contributed by atoms with Crippen LogP contribution in [0.2, 0.25) is 0 Å². The Morgan fingerprint density at radius 3 is 0.873 bits per heavy atom. The molecule has 8 nitrogen and oxygen atoms in total. The number of hydrogen-bond acceptors (Lipinski definition) is 10. The first-order valence-electron chi connectivity index (χ1n) is 33.5. The van der Waals surface area contributed by atoms with Crippen molar-refractivity contribution in [3.05, 3.63) is 356 Å². The van der Waals surface area contributed by atoms with Gasteiger partial charge in [-0.05, 0) is 85.4 Å². The Hall–Kier alpha value is -12.0. The second-order valence-electron chi connectivity index (χ2n) is 24.4. The van der Waals surface area contributed by atoms with Crippen LogP contribution in [0.3, 0.4) is 0 Å². The molecule has 102 heavy (non-hydrogen) atoms. The number of fused-ring (bicyclic) bond motifs is 6. The summed E-state index contributed by atoms with van der Waals surface area (Å²) in [4.78, 5) is 29.6. The topological polar surface area (TPSA) is 118 Å². The standard InChI is InChI=1S/C45H29N3S.C27H18BrN3.C18H13BO2S/c1-3-12-32(13-4-1)36-16-7-8-18-40(36)45-47-43(34-14-5-2-6-15-34)46-44(48-45)35-28-24-31(25-29-35)30-22-26-33(27-23-30)37-19-11-20-39-38-17-9-10-21-41(38)49-42(37)39;28-22-17-15-21(16-18-22)26-29-25(20-11-5-2-6-12-20)30-27(31-26)24-14-8-7-13-23(24)19-9-3-1-4-10-19;20-19(21)13-10-8-12(9-11-13)14-5-3-6-16-15-4-1-2-7-17(15)22-18(14)16/h1-29H;1-18H;1-11,20-21H. The number of aromatic nitrogens is 6. The average molecular weight is 1410 g/mol. The molecule has 0 aliphatic rings. The van der Waals surface area contributed by atoms with Gasteiger partial charge in [0.2, 0.25) is 0 Å². The fourth-order valence-electron chi connectivity index (χ4n) is 12.8. The van der Waals surface area contributed by atoms with Crippen LogP contribution in [0.25, 0.3) is 164 Å². The van der Waals surface area contributed by atoms with Crippen LogP contribution >= 0.6 is 38.6 Å². The van der Waals surface area contributed by atoms with Gasteiger partial charge in [-0.15, -0.1) is 22.7 Å². The molecule has 4 heterocycles. The highest BCUT2D eigenvalue weighted by Crippen LogP contribution is 2.43. The van der Waals surface area contributed by atoms with Gasteiger partial charge in [-0.25, -0.2) is 29.9 Å². The van der Waals surface area contributed by atoms with Crippen molar-refractivity contribution in [1.29, 1.82) is 0 Å². The predicted molar refractivity (Wildman–Crippen MR) is 429 cm³/mol. The maximum atomic E-state index is 9.21. The first-order chi connectivity index (χ1) is 50.3. The van der Waals surface area contributed by atoms with E-state index in [1.807, 2.05) is 151 Å². The summed E-state index contributed by atoms with van der Waals surface area (Å²) in [6.07, 6.45) is 0. The van der Waals surface area contributed by atoms with Gasteiger partial charge < -0.3 is 10.0 Å². The SMILES string of the molecule is Brc1ccc(-c2nc(-c3ccccc3)nc(-c3ccccc3-c3ccccc3)n2)cc1.OB(O)c1ccc(-c2cccc3c2sc2ccccc23)cc1.c1ccc(-c2nc(-c3ccc(-c4ccc(-c5cccc6c5sc5ccccc56)cc4)cc3)nc(-c3ccccc3-c3ccccc3)n2)cc1. The highest BCUT2D eigenvalue weighted by Gasteiger charge is 2.20. The summed E-state index contributed by atoms with van der Waals surface area (Å²) in [7, 11) is -1.42. The normalized spacial score (nSPS) is 11.1. The molecule has 0 spiro atoms. The van der Waals surface area contributed by atoms with E-state index in [9.17, 15) is 10.0 Å². The molecule has 0 aliphatic heterocycles. The number of thiophene rings is 2. The van der Waals surface area contributed by atoms with E-state index in [-0.39, 0.29) is 0 Å². The van der Waals surface area contributed by atoms with Crippen molar-refractivity contribution < 1.29 is 10.0 Å². The third-order valence-electron chi connectivity index (χ3n) is 17.9. The van der Waals surface area contributed by atoms with Gasteiger partial charge in [0.15, 0.2) is 34.9 Å². The lowest BCUT2D eigenvalue weighted by Crippen LogP contribution is -2.29. The monoisotopic (exact) mass is 1410 g/mol. The lowest BCUT2D eigenvalue weighted by atomic mass is 9.80. The second kappa shape index (κ2) is 29.4. The van der Waals surface area contributed by atoms with Crippen LogP contribution < -0.4 is 5.46 Å². The lowest BCUT2D eigenvalue weighted by Gasteiger charge is -2.12. The van der Waals surface area contributed by atoms with Crippen LogP contribution in [0.4, 0.5) is 0 Å². The molecule has 0 atom stereocenters. The molecule has 4 aromatic heterocycles. The molecule has 18 aromatic rings. The zero-order valence-corrected chi connectivity index (χ0v) is 58.1. The Morgan fingerprint density at radius 1 is 0.216 bits per heavy atom. The van der Waals surface area contributed by atoms with Crippen LogP contribution in [0.15, 0.2) is 356 Å². The molecule has 0 amide bonds. The van der Waals surface area contributed by atoms with E-state index in [0.29, 0.717) is 40.4 Å². The molecule has 484 valence electrons. The fraction of sp³-hybridized carbons (Fsp3) is 0. The number of hydrogen-bond donors (Lipinski definition) is 2. The fourth-order valence-corrected chi connectivity index (χ4v) is 15.6. The molecule has 0 unspecified atom stereocenters. The summed E-state index contributed by atoms with van der Waals surface area (Å²) in [5.74, 6) is 3.91. The van der Waals surface area contributed by atoms with Crippen molar-refractivity contribution in [2.45, 2.75) is 0 Å². The van der Waals surface area contributed by atoms with E-state index < -0.39 is 7.12 Å². The molecule has 0 bridgehead atoms. The van der Waals surface area contributed by atoms with Gasteiger partial charge in [0, 0.05) is 78.2 Å². The molecule has 0 fully saturated rings. The molecule has 0 radical (unpaired) electrons. The highest BCUT2D eigenvalue weighted by atomic mass is 79.9. The Morgan fingerprint density at radius 2 is 0.480 bits per heavy atom. The van der Waals surface area contributed by atoms with Gasteiger partial charge in [0.25, 0.3) is 0 Å². The zero-order valence-electron chi connectivity index (χ0n) is 54.8. The van der Waals surface area contributed by atoms with Crippen LogP contribution in [-0.4, -0.2) is 47.1 Å². The molecule has 12 heteroatoms. The van der Waals surface area contributed by atoms with E-state index in [1.165, 1.54) is 57.0 Å². The van der Waals surface area contributed by atoms with Crippen molar-refractivity contribution in [2.75, 3.05) is 0 Å². The highest BCUT2D eigenvalue weighted by molar-refractivity contribution is 9.10. The van der Waals surface area contributed by atoms with E-state index in [1.54, 1.807) is 23.5 Å². The number of rotatable bonds is 12. The van der Waals surface area contributed by atoms with Crippen LogP contribution in [0.5, 0.6) is 0 Å². The summed E-state index contributed by atoms with van der Waals surface area (Å²) in [5.41, 5.74) is 17.7. The zero-order chi connectivity index (χ0) is 68.7. The van der Waals surface area contributed by atoms with Crippen LogP contribution in [0, 0.1) is 0 Å². The molecule has 0 saturated heterocycles. The Labute approximate surface area is 607 Å². The summed E-state index contributed by atoms with van der Waals surface area (Å²) >= 11 is 7.16. The van der Waals surface area contributed by atoms with Crippen molar-refractivity contribution in [2.24, 2.45) is 0 Å². The Kier molecular flexibility index (Phi) is 18.7. The summed E-state index contributed by atoms with van der Waals surface area (Å²) < 4.78 is 6.22. The molecule has 14 aromatic carbocycles. The molecule has 0 saturated carbocycles. The summed E-state index contributed by atoms with van der Waals surface area (Å²) in [5, 5.41) is 23.6. The molecular formula is C90H60BBrN6O2S2. The van der Waals surface area contributed by atoms with Gasteiger partial charge in [-0.3, -0.25) is 0 Å². The summed E-state index contributed by atoms with van der Waals surface area (Å²) in [6, 6.07) is 120. The van der Waals surface area contributed by atoms with Gasteiger partial charge in [-0.1, -0.05) is 344 Å². The second-order valence-corrected chi connectivity index (χ2v) is 27.4. The quantitative estimate of drug-likeness (QED) is 0.116. The van der Waals surface area contributed by atoms with E-state index in [2.05, 4.69) is 216 Å². The van der Waals surface area contributed by atoms with Crippen molar-refractivity contribution in [3.8, 4) is 124 Å². The maximum Gasteiger partial charge on any atom is 0.488 e. The van der Waals surface area contributed by atoms with Gasteiger partial charge in [0.05, 0.1) is 0 Å². The smallest absolute Gasteiger partial charge is 0.423 e. The lowest BCUT2D eigenvalue weighted by molar-refractivity contribution is 0.426. The predicted octanol–water partition coefficient (Wildman–Crippen LogP) is 22.9. The molecule has 2 N–H and O–H groups in total. The first-order valence-corrected chi connectivity index (χ1v) is 35.9. The minimum absolute atomic E-state index is 0.507. The molecule has 0 aliphatic carbocycles. The van der Waals surface area contributed by atoms with Gasteiger partial charge in [0.1, 0.15) is 0 Å². The minimum Gasteiger partial charge on any atom is -0.423 e. The van der Waals surface area contributed by atoms with Crippen LogP contribution in [0.1, 0.15) is 0 Å². The maximum absolute atomic E-state index is 9.21. The van der Waals surface area contributed by atoms with E-state index in [0.717, 1.165) is 76.8 Å². The van der Waals surface area contributed by atoms with E-state index in [4.69, 9.17) is 29.9 Å². The Balaban J connectivity index is 0.000000129. The number of nitrogens with zero attached hydrogens (tertiary/aromatic N) is 6.